The van der Waals surface area contributed by atoms with E-state index in [-0.39, 0.29) is 6.03 Å². The van der Waals surface area contributed by atoms with E-state index < -0.39 is 0 Å². The van der Waals surface area contributed by atoms with Crippen molar-refractivity contribution in [1.82, 2.24) is 19.4 Å². The molecule has 2 aromatic heterocycles. The van der Waals surface area contributed by atoms with Crippen LogP contribution in [-0.2, 0) is 6.54 Å². The summed E-state index contributed by atoms with van der Waals surface area (Å²) in [6.45, 7) is 0.367. The molecule has 2 amide bonds. The monoisotopic (exact) mass is 341 g/mol. The van der Waals surface area contributed by atoms with Crippen LogP contribution in [0.3, 0.4) is 0 Å². The molecule has 1 aromatic carbocycles. The van der Waals surface area contributed by atoms with Gasteiger partial charge in [0.05, 0.1) is 29.8 Å². The Balaban J connectivity index is 1.77. The van der Waals surface area contributed by atoms with E-state index in [1.54, 1.807) is 43.8 Å². The van der Waals surface area contributed by atoms with Crippen molar-refractivity contribution in [1.29, 1.82) is 0 Å². The quantitative estimate of drug-likeness (QED) is 0.788. The van der Waals surface area contributed by atoms with Crippen molar-refractivity contribution in [3.63, 3.8) is 0 Å². The van der Waals surface area contributed by atoms with Crippen LogP contribution in [0, 0.1) is 0 Å². The number of urea groups is 1. The van der Waals surface area contributed by atoms with Crippen molar-refractivity contribution < 1.29 is 4.79 Å². The molecule has 0 fully saturated rings. The molecule has 1 N–H and O–H groups in total. The zero-order valence-electron chi connectivity index (χ0n) is 13.1. The predicted molar refractivity (Wildman–Crippen MR) is 93.3 cm³/mol. The van der Waals surface area contributed by atoms with Crippen LogP contribution in [0.15, 0.2) is 61.3 Å². The third-order valence-corrected chi connectivity index (χ3v) is 3.68. The van der Waals surface area contributed by atoms with E-state index in [1.165, 1.54) is 4.90 Å². The molecule has 0 saturated heterocycles. The van der Waals surface area contributed by atoms with Crippen molar-refractivity contribution in [2.24, 2.45) is 0 Å². The Bertz CT molecular complexity index is 820. The summed E-state index contributed by atoms with van der Waals surface area (Å²) in [5.74, 6) is 0. The van der Waals surface area contributed by atoms with Crippen molar-refractivity contribution >= 4 is 23.3 Å². The summed E-state index contributed by atoms with van der Waals surface area (Å²) in [6.07, 6.45) is 8.62. The summed E-state index contributed by atoms with van der Waals surface area (Å²) in [5, 5.41) is 3.51. The Morgan fingerprint density at radius 3 is 2.79 bits per heavy atom. The van der Waals surface area contributed by atoms with E-state index in [1.807, 2.05) is 29.1 Å². The lowest BCUT2D eigenvalue weighted by Crippen LogP contribution is -2.31. The van der Waals surface area contributed by atoms with Gasteiger partial charge >= 0.3 is 6.03 Å². The third-order valence-electron chi connectivity index (χ3n) is 3.45. The number of carbonyl (C=O) groups is 1. The molecule has 0 bridgehead atoms. The Morgan fingerprint density at radius 2 is 2.08 bits per heavy atom. The van der Waals surface area contributed by atoms with Crippen LogP contribution < -0.4 is 5.32 Å². The third kappa shape index (κ3) is 3.72. The van der Waals surface area contributed by atoms with Crippen LogP contribution in [0.5, 0.6) is 0 Å². The van der Waals surface area contributed by atoms with Gasteiger partial charge in [0.2, 0.25) is 0 Å². The topological polar surface area (TPSA) is 63.1 Å². The lowest BCUT2D eigenvalue weighted by Gasteiger charge is -2.19. The molecular formula is C17H16ClN5O. The van der Waals surface area contributed by atoms with E-state index in [2.05, 4.69) is 15.3 Å². The number of benzene rings is 1. The first-order chi connectivity index (χ1) is 11.6. The van der Waals surface area contributed by atoms with E-state index in [9.17, 15) is 4.79 Å². The van der Waals surface area contributed by atoms with Gasteiger partial charge in [-0.15, -0.1) is 0 Å². The molecule has 3 rings (SSSR count). The van der Waals surface area contributed by atoms with Crippen LogP contribution in [0.1, 0.15) is 5.69 Å². The Kier molecular flexibility index (Phi) is 4.77. The second kappa shape index (κ2) is 7.14. The minimum Gasteiger partial charge on any atom is -0.322 e. The average Bonchev–Trinajstić information content (AvgIpc) is 3.11. The molecule has 2 heterocycles. The normalized spacial score (nSPS) is 10.4. The standard InChI is InChI=1S/C17H16ClN5O/c1-22(12-14-11-19-6-7-20-14)17(24)21-15-5-4-13(18)10-16(15)23-8-2-3-9-23/h2-11H,12H2,1H3,(H,21,24). The maximum absolute atomic E-state index is 12.4. The molecule has 122 valence electrons. The van der Waals surface area contributed by atoms with Gasteiger partial charge < -0.3 is 14.8 Å². The fourth-order valence-corrected chi connectivity index (χ4v) is 2.42. The average molecular weight is 342 g/mol. The molecule has 24 heavy (non-hydrogen) atoms. The molecule has 0 radical (unpaired) electrons. The highest BCUT2D eigenvalue weighted by Crippen LogP contribution is 2.25. The van der Waals surface area contributed by atoms with Gasteiger partial charge in [-0.05, 0) is 30.3 Å². The molecule has 6 nitrogen and oxygen atoms in total. The SMILES string of the molecule is CN(Cc1cnccn1)C(=O)Nc1ccc(Cl)cc1-n1cccc1. The zero-order valence-corrected chi connectivity index (χ0v) is 13.8. The first kappa shape index (κ1) is 16.0. The van der Waals surface area contributed by atoms with Gasteiger partial charge in [-0.3, -0.25) is 9.97 Å². The minimum atomic E-state index is -0.239. The Hall–Kier alpha value is -2.86. The van der Waals surface area contributed by atoms with Crippen LogP contribution in [0.4, 0.5) is 10.5 Å². The summed E-state index contributed by atoms with van der Waals surface area (Å²) in [7, 11) is 1.70. The molecule has 7 heteroatoms. The lowest BCUT2D eigenvalue weighted by atomic mass is 10.2. The van der Waals surface area contributed by atoms with Crippen LogP contribution in [-0.4, -0.2) is 32.5 Å². The Labute approximate surface area is 144 Å². The van der Waals surface area contributed by atoms with E-state index in [4.69, 9.17) is 11.6 Å². The number of hydrogen-bond donors (Lipinski definition) is 1. The largest absolute Gasteiger partial charge is 0.322 e. The lowest BCUT2D eigenvalue weighted by molar-refractivity contribution is 0.220. The van der Waals surface area contributed by atoms with E-state index >= 15 is 0 Å². The number of rotatable bonds is 4. The van der Waals surface area contributed by atoms with Gasteiger partial charge in [0.25, 0.3) is 0 Å². The molecule has 0 aliphatic heterocycles. The van der Waals surface area contributed by atoms with Gasteiger partial charge in [-0.25, -0.2) is 4.79 Å². The van der Waals surface area contributed by atoms with Crippen molar-refractivity contribution in [3.05, 3.63) is 72.0 Å². The molecule has 0 aliphatic carbocycles. The number of nitrogens with one attached hydrogen (secondary N) is 1. The molecule has 3 aromatic rings. The summed E-state index contributed by atoms with van der Waals surface area (Å²) >= 11 is 6.09. The first-order valence-corrected chi connectivity index (χ1v) is 7.71. The minimum absolute atomic E-state index is 0.239. The Morgan fingerprint density at radius 1 is 1.29 bits per heavy atom. The molecular weight excluding hydrogens is 326 g/mol. The van der Waals surface area contributed by atoms with Crippen molar-refractivity contribution in [2.45, 2.75) is 6.54 Å². The highest BCUT2D eigenvalue weighted by atomic mass is 35.5. The van der Waals surface area contributed by atoms with Crippen molar-refractivity contribution in [2.75, 3.05) is 12.4 Å². The van der Waals surface area contributed by atoms with Gasteiger partial charge in [0, 0.05) is 36.9 Å². The van der Waals surface area contributed by atoms with Crippen LogP contribution in [0.25, 0.3) is 5.69 Å². The highest BCUT2D eigenvalue weighted by molar-refractivity contribution is 6.30. The van der Waals surface area contributed by atoms with Gasteiger partial charge in [0.15, 0.2) is 0 Å². The predicted octanol–water partition coefficient (Wildman–Crippen LogP) is 3.58. The number of hydrogen-bond acceptors (Lipinski definition) is 3. The molecule has 0 spiro atoms. The fourth-order valence-electron chi connectivity index (χ4n) is 2.26. The number of halogens is 1. The highest BCUT2D eigenvalue weighted by Gasteiger charge is 2.13. The first-order valence-electron chi connectivity index (χ1n) is 7.33. The number of anilines is 1. The molecule has 0 aliphatic rings. The van der Waals surface area contributed by atoms with Crippen LogP contribution >= 0.6 is 11.6 Å². The summed E-state index contributed by atoms with van der Waals surface area (Å²) in [4.78, 5) is 22.2. The summed E-state index contributed by atoms with van der Waals surface area (Å²) in [5.41, 5.74) is 2.19. The molecule has 0 saturated carbocycles. The van der Waals surface area contributed by atoms with E-state index in [0.717, 1.165) is 11.4 Å². The number of carbonyl (C=O) groups excluding carboxylic acids is 1. The van der Waals surface area contributed by atoms with Crippen LogP contribution in [0.2, 0.25) is 5.02 Å². The van der Waals surface area contributed by atoms with Gasteiger partial charge in [-0.1, -0.05) is 11.6 Å². The summed E-state index contributed by atoms with van der Waals surface area (Å²) in [6, 6.07) is 8.91. The molecule has 0 unspecified atom stereocenters. The molecule has 0 atom stereocenters. The second-order valence-corrected chi connectivity index (χ2v) is 5.67. The second-order valence-electron chi connectivity index (χ2n) is 5.23. The van der Waals surface area contributed by atoms with E-state index in [0.29, 0.717) is 17.3 Å². The zero-order chi connectivity index (χ0) is 16.9. The number of nitrogens with zero attached hydrogens (tertiary/aromatic N) is 4. The van der Waals surface area contributed by atoms with Crippen molar-refractivity contribution in [3.8, 4) is 5.69 Å². The number of amides is 2. The summed E-state index contributed by atoms with van der Waals surface area (Å²) < 4.78 is 1.89. The van der Waals surface area contributed by atoms with Gasteiger partial charge in [0.1, 0.15) is 0 Å². The maximum atomic E-state index is 12.4. The smallest absolute Gasteiger partial charge is 0.322 e. The van der Waals surface area contributed by atoms with Gasteiger partial charge in [-0.2, -0.15) is 0 Å². The fraction of sp³-hybridized carbons (Fsp3) is 0.118. The maximum Gasteiger partial charge on any atom is 0.322 e. The number of aromatic nitrogens is 3.